The van der Waals surface area contributed by atoms with Crippen LogP contribution in [0.5, 0.6) is 0 Å². The van der Waals surface area contributed by atoms with E-state index in [9.17, 15) is 0 Å². The largest absolute Gasteiger partial charge is 0.292 e. The summed E-state index contributed by atoms with van der Waals surface area (Å²) in [5, 5.41) is 0. The molecule has 1 heterocycles. The number of fused-ring (bicyclic) bond motifs is 4. The Morgan fingerprint density at radius 3 is 2.23 bits per heavy atom. The van der Waals surface area contributed by atoms with Crippen molar-refractivity contribution in [2.45, 2.75) is 27.2 Å². The summed E-state index contributed by atoms with van der Waals surface area (Å²) in [6, 6.07) is 28.5. The Morgan fingerprint density at radius 1 is 0.710 bits per heavy atom. The van der Waals surface area contributed by atoms with Crippen LogP contribution in [-0.4, -0.2) is 9.55 Å². The van der Waals surface area contributed by atoms with E-state index < -0.39 is 0 Å². The Labute approximate surface area is 182 Å². The van der Waals surface area contributed by atoms with E-state index in [1.807, 2.05) is 0 Å². The smallest absolute Gasteiger partial charge is 0.146 e. The maximum absolute atomic E-state index is 5.18. The minimum Gasteiger partial charge on any atom is -0.292 e. The van der Waals surface area contributed by atoms with Gasteiger partial charge >= 0.3 is 0 Å². The molecule has 5 aromatic rings. The van der Waals surface area contributed by atoms with Crippen LogP contribution in [0.3, 0.4) is 0 Å². The van der Waals surface area contributed by atoms with Crippen LogP contribution in [0.1, 0.15) is 27.8 Å². The molecule has 0 amide bonds. The van der Waals surface area contributed by atoms with E-state index in [1.165, 1.54) is 50.2 Å². The molecule has 1 aliphatic rings. The number of hydrogen-bond donors (Lipinski definition) is 0. The van der Waals surface area contributed by atoms with Crippen molar-refractivity contribution in [1.82, 2.24) is 9.55 Å². The van der Waals surface area contributed by atoms with Crippen LogP contribution in [0.15, 0.2) is 78.9 Å². The van der Waals surface area contributed by atoms with Crippen molar-refractivity contribution in [2.75, 3.05) is 0 Å². The number of rotatable bonds is 2. The van der Waals surface area contributed by atoms with Gasteiger partial charge in [-0.25, -0.2) is 4.98 Å². The third kappa shape index (κ3) is 2.68. The third-order valence-electron chi connectivity index (χ3n) is 6.48. The number of benzene rings is 4. The number of imidazole rings is 1. The first kappa shape index (κ1) is 18.1. The van der Waals surface area contributed by atoms with Gasteiger partial charge in [0.15, 0.2) is 0 Å². The zero-order valence-electron chi connectivity index (χ0n) is 18.1. The maximum Gasteiger partial charge on any atom is 0.146 e. The Bertz CT molecular complexity index is 1460. The number of aryl methyl sites for hydroxylation is 3. The van der Waals surface area contributed by atoms with Crippen LogP contribution in [0, 0.1) is 20.8 Å². The first-order chi connectivity index (χ1) is 15.1. The molecule has 4 aromatic carbocycles. The summed E-state index contributed by atoms with van der Waals surface area (Å²) in [5.74, 6) is 1.02. The van der Waals surface area contributed by atoms with Crippen molar-refractivity contribution in [1.29, 1.82) is 0 Å². The van der Waals surface area contributed by atoms with Crippen LogP contribution in [0.25, 0.3) is 39.2 Å². The second-order valence-corrected chi connectivity index (χ2v) is 8.68. The summed E-state index contributed by atoms with van der Waals surface area (Å²) in [4.78, 5) is 5.18. The first-order valence-electron chi connectivity index (χ1n) is 10.9. The topological polar surface area (TPSA) is 17.8 Å². The van der Waals surface area contributed by atoms with Gasteiger partial charge in [-0.3, -0.25) is 4.57 Å². The summed E-state index contributed by atoms with van der Waals surface area (Å²) < 4.78 is 2.37. The molecule has 0 atom stereocenters. The SMILES string of the molecule is Cc1cc(C)c(-n2c(-c3cccc4c3-c3ccccc3C4)nc3ccccc32)c(C)c1. The number of hydrogen-bond acceptors (Lipinski definition) is 1. The number of nitrogens with zero attached hydrogens (tertiary/aromatic N) is 2. The zero-order chi connectivity index (χ0) is 21.1. The second kappa shape index (κ2) is 6.68. The zero-order valence-corrected chi connectivity index (χ0v) is 18.1. The molecule has 31 heavy (non-hydrogen) atoms. The highest BCUT2D eigenvalue weighted by Crippen LogP contribution is 2.44. The molecule has 0 bridgehead atoms. The standard InChI is InChI=1S/C29H24N2/c1-18-15-19(2)28(20(3)16-18)31-26-14-7-6-13-25(26)30-29(31)24-12-8-10-22-17-21-9-4-5-11-23(21)27(22)24/h4-16H,17H2,1-3H3. The monoisotopic (exact) mass is 400 g/mol. The maximum atomic E-state index is 5.18. The Hall–Kier alpha value is -3.65. The molecule has 0 radical (unpaired) electrons. The Kier molecular flexibility index (Phi) is 3.91. The van der Waals surface area contributed by atoms with E-state index in [1.54, 1.807) is 0 Å². The predicted octanol–water partition coefficient (Wildman–Crippen LogP) is 7.19. The minimum atomic E-state index is 0.988. The normalized spacial score (nSPS) is 12.2. The lowest BCUT2D eigenvalue weighted by molar-refractivity contribution is 1.06. The van der Waals surface area contributed by atoms with Crippen LogP contribution < -0.4 is 0 Å². The molecular weight excluding hydrogens is 376 g/mol. The number of para-hydroxylation sites is 2. The highest BCUT2D eigenvalue weighted by molar-refractivity contribution is 5.92. The molecule has 1 aliphatic carbocycles. The third-order valence-corrected chi connectivity index (χ3v) is 6.48. The van der Waals surface area contributed by atoms with E-state index >= 15 is 0 Å². The molecule has 0 spiro atoms. The molecule has 2 heteroatoms. The fourth-order valence-electron chi connectivity index (χ4n) is 5.33. The van der Waals surface area contributed by atoms with Gasteiger partial charge in [-0.15, -0.1) is 0 Å². The lowest BCUT2D eigenvalue weighted by Crippen LogP contribution is -2.04. The molecule has 0 unspecified atom stereocenters. The summed E-state index contributed by atoms with van der Waals surface area (Å²) in [6.07, 6.45) is 0.988. The molecule has 0 aliphatic heterocycles. The molecule has 0 saturated carbocycles. The van der Waals surface area contributed by atoms with Crippen molar-refractivity contribution in [3.8, 4) is 28.2 Å². The summed E-state index contributed by atoms with van der Waals surface area (Å²) in [6.45, 7) is 6.58. The summed E-state index contributed by atoms with van der Waals surface area (Å²) in [5.41, 5.74) is 13.9. The lowest BCUT2D eigenvalue weighted by atomic mass is 9.98. The van der Waals surface area contributed by atoms with Crippen molar-refractivity contribution < 1.29 is 0 Å². The first-order valence-corrected chi connectivity index (χ1v) is 10.9. The van der Waals surface area contributed by atoms with Gasteiger partial charge in [-0.1, -0.05) is 72.3 Å². The minimum absolute atomic E-state index is 0.988. The summed E-state index contributed by atoms with van der Waals surface area (Å²) >= 11 is 0. The van der Waals surface area contributed by atoms with E-state index in [0.717, 1.165) is 23.3 Å². The van der Waals surface area contributed by atoms with Gasteiger partial charge < -0.3 is 0 Å². The van der Waals surface area contributed by atoms with Gasteiger partial charge in [-0.05, 0) is 72.7 Å². The summed E-state index contributed by atoms with van der Waals surface area (Å²) in [7, 11) is 0. The van der Waals surface area contributed by atoms with Crippen molar-refractivity contribution in [3.05, 3.63) is 107 Å². The second-order valence-electron chi connectivity index (χ2n) is 8.68. The van der Waals surface area contributed by atoms with E-state index in [0.29, 0.717) is 0 Å². The molecule has 150 valence electrons. The van der Waals surface area contributed by atoms with Gasteiger partial charge in [0.25, 0.3) is 0 Å². The van der Waals surface area contributed by atoms with Gasteiger partial charge in [0.1, 0.15) is 5.82 Å². The van der Waals surface area contributed by atoms with E-state index in [4.69, 9.17) is 4.98 Å². The van der Waals surface area contributed by atoms with Crippen molar-refractivity contribution >= 4 is 11.0 Å². The molecule has 2 nitrogen and oxygen atoms in total. The molecule has 1 aromatic heterocycles. The highest BCUT2D eigenvalue weighted by Gasteiger charge is 2.25. The molecule has 6 rings (SSSR count). The van der Waals surface area contributed by atoms with Gasteiger partial charge in [0.05, 0.1) is 16.7 Å². The van der Waals surface area contributed by atoms with Crippen LogP contribution in [0.4, 0.5) is 0 Å². The molecular formula is C29H24N2. The van der Waals surface area contributed by atoms with E-state index in [-0.39, 0.29) is 0 Å². The predicted molar refractivity (Wildman–Crippen MR) is 129 cm³/mol. The van der Waals surface area contributed by atoms with Gasteiger partial charge in [0, 0.05) is 5.56 Å². The quantitative estimate of drug-likeness (QED) is 0.301. The highest BCUT2D eigenvalue weighted by atomic mass is 15.1. The van der Waals surface area contributed by atoms with Crippen molar-refractivity contribution in [3.63, 3.8) is 0 Å². The molecule has 0 saturated heterocycles. The fraction of sp³-hybridized carbons (Fsp3) is 0.138. The van der Waals surface area contributed by atoms with Gasteiger partial charge in [-0.2, -0.15) is 0 Å². The Morgan fingerprint density at radius 2 is 1.39 bits per heavy atom. The van der Waals surface area contributed by atoms with Crippen LogP contribution >= 0.6 is 0 Å². The van der Waals surface area contributed by atoms with Crippen LogP contribution in [0.2, 0.25) is 0 Å². The lowest BCUT2D eigenvalue weighted by Gasteiger charge is -2.18. The number of aromatic nitrogens is 2. The average molecular weight is 401 g/mol. The van der Waals surface area contributed by atoms with Crippen molar-refractivity contribution in [2.24, 2.45) is 0 Å². The molecule has 0 fully saturated rings. The van der Waals surface area contributed by atoms with Crippen LogP contribution in [-0.2, 0) is 6.42 Å². The fourth-order valence-corrected chi connectivity index (χ4v) is 5.33. The average Bonchev–Trinajstić information content (AvgIpc) is 3.32. The van der Waals surface area contributed by atoms with Gasteiger partial charge in [0.2, 0.25) is 0 Å². The van der Waals surface area contributed by atoms with E-state index in [2.05, 4.69) is 104 Å². The Balaban J connectivity index is 1.72. The molecule has 0 N–H and O–H groups in total.